The van der Waals surface area contributed by atoms with Gasteiger partial charge in [0.25, 0.3) is 0 Å². The van der Waals surface area contributed by atoms with Crippen LogP contribution in [0.3, 0.4) is 0 Å². The average molecular weight is 175 g/mol. The summed E-state index contributed by atoms with van der Waals surface area (Å²) in [5.41, 5.74) is 1.07. The molecule has 1 saturated heterocycles. The Labute approximate surface area is 77.9 Å². The molecule has 0 aromatic carbocycles. The van der Waals surface area contributed by atoms with Crippen LogP contribution in [0.5, 0.6) is 0 Å². The highest BCUT2D eigenvalue weighted by molar-refractivity contribution is 5.46. The molecule has 1 aromatic rings. The molecule has 1 atom stereocenters. The van der Waals surface area contributed by atoms with Crippen molar-refractivity contribution in [3.63, 3.8) is 0 Å². The summed E-state index contributed by atoms with van der Waals surface area (Å²) in [6, 6.07) is 0.695. The molecule has 3 heteroatoms. The lowest BCUT2D eigenvalue weighted by atomic mass is 10.0. The van der Waals surface area contributed by atoms with Gasteiger partial charge < -0.3 is 5.32 Å². The van der Waals surface area contributed by atoms with Gasteiger partial charge in [-0.15, -0.1) is 0 Å². The zero-order valence-corrected chi connectivity index (χ0v) is 7.48. The summed E-state index contributed by atoms with van der Waals surface area (Å²) in [5.74, 6) is 0. The monoisotopic (exact) mass is 175 g/mol. The van der Waals surface area contributed by atoms with E-state index in [0.717, 1.165) is 12.0 Å². The van der Waals surface area contributed by atoms with Gasteiger partial charge in [-0.05, 0) is 19.4 Å². The first-order chi connectivity index (χ1) is 6.45. The maximum Gasteiger partial charge on any atom is 0.115 e. The van der Waals surface area contributed by atoms with Crippen LogP contribution in [-0.4, -0.2) is 22.6 Å². The van der Waals surface area contributed by atoms with Crippen molar-refractivity contribution in [1.82, 2.24) is 15.3 Å². The molecule has 1 N–H and O–H groups in total. The normalized spacial score (nSPS) is 21.7. The number of nitrogens with one attached hydrogen (secondary N) is 1. The predicted octanol–water partition coefficient (Wildman–Crippen LogP) is 1.24. The largest absolute Gasteiger partial charge is 0.314 e. The highest BCUT2D eigenvalue weighted by atomic mass is 15.0. The van der Waals surface area contributed by atoms with Gasteiger partial charge in [-0.3, -0.25) is 0 Å². The van der Waals surface area contributed by atoms with Crippen LogP contribution in [0.25, 0.3) is 6.08 Å². The summed E-state index contributed by atoms with van der Waals surface area (Å²) in [4.78, 5) is 7.88. The second kappa shape index (κ2) is 4.14. The van der Waals surface area contributed by atoms with Gasteiger partial charge in [0, 0.05) is 24.0 Å². The molecule has 2 rings (SSSR count). The van der Waals surface area contributed by atoms with Crippen molar-refractivity contribution in [2.45, 2.75) is 18.9 Å². The van der Waals surface area contributed by atoms with Gasteiger partial charge in [-0.2, -0.15) is 0 Å². The van der Waals surface area contributed by atoms with Crippen LogP contribution >= 0.6 is 0 Å². The Morgan fingerprint density at radius 2 is 2.23 bits per heavy atom. The average Bonchev–Trinajstić information content (AvgIpc) is 2.11. The van der Waals surface area contributed by atoms with Crippen molar-refractivity contribution in [2.24, 2.45) is 0 Å². The van der Waals surface area contributed by atoms with Crippen LogP contribution in [0.15, 0.2) is 24.8 Å². The summed E-state index contributed by atoms with van der Waals surface area (Å²) in [5, 5.41) is 3.35. The second-order valence-electron chi connectivity index (χ2n) is 3.25. The minimum atomic E-state index is 0.695. The fraction of sp³-hybridized carbons (Fsp3) is 0.400. The van der Waals surface area contributed by atoms with Gasteiger partial charge in [-0.1, -0.05) is 12.2 Å². The molecule has 13 heavy (non-hydrogen) atoms. The summed E-state index contributed by atoms with van der Waals surface area (Å²) in [6.45, 7) is 1.17. The van der Waals surface area contributed by atoms with E-state index in [1.807, 2.05) is 12.4 Å². The maximum absolute atomic E-state index is 3.94. The van der Waals surface area contributed by atoms with Crippen LogP contribution in [-0.2, 0) is 0 Å². The molecule has 0 bridgehead atoms. The number of rotatable bonds is 3. The standard InChI is InChI=1S/C10H13N3/c1(3-10-4-5-13-10)2-9-6-11-8-12-7-9/h1-2,6-8,10,13H,3-5H2. The summed E-state index contributed by atoms with van der Waals surface area (Å²) >= 11 is 0. The van der Waals surface area contributed by atoms with E-state index in [9.17, 15) is 0 Å². The minimum Gasteiger partial charge on any atom is -0.314 e. The Morgan fingerprint density at radius 3 is 2.85 bits per heavy atom. The molecule has 0 saturated carbocycles. The van der Waals surface area contributed by atoms with E-state index in [1.54, 1.807) is 6.33 Å². The van der Waals surface area contributed by atoms with E-state index in [-0.39, 0.29) is 0 Å². The van der Waals surface area contributed by atoms with E-state index in [1.165, 1.54) is 13.0 Å². The van der Waals surface area contributed by atoms with E-state index in [0.29, 0.717) is 6.04 Å². The SMILES string of the molecule is C(=Cc1cncnc1)CC1CCN1. The third kappa shape index (κ3) is 2.36. The van der Waals surface area contributed by atoms with Crippen LogP contribution in [0.1, 0.15) is 18.4 Å². The highest BCUT2D eigenvalue weighted by Crippen LogP contribution is 2.08. The fourth-order valence-electron chi connectivity index (χ4n) is 1.31. The first kappa shape index (κ1) is 8.38. The lowest BCUT2D eigenvalue weighted by molar-refractivity contribution is 0.374. The maximum atomic E-state index is 3.94. The van der Waals surface area contributed by atoms with E-state index in [2.05, 4.69) is 27.4 Å². The first-order valence-corrected chi connectivity index (χ1v) is 4.60. The van der Waals surface area contributed by atoms with Gasteiger partial charge in [0.1, 0.15) is 6.33 Å². The zero-order chi connectivity index (χ0) is 8.93. The molecule has 0 aliphatic carbocycles. The molecule has 1 aliphatic heterocycles. The highest BCUT2D eigenvalue weighted by Gasteiger charge is 2.13. The quantitative estimate of drug-likeness (QED) is 0.751. The molecule has 3 nitrogen and oxygen atoms in total. The Morgan fingerprint density at radius 1 is 1.46 bits per heavy atom. The first-order valence-electron chi connectivity index (χ1n) is 4.60. The number of aromatic nitrogens is 2. The van der Waals surface area contributed by atoms with Crippen LogP contribution < -0.4 is 5.32 Å². The Hall–Kier alpha value is -1.22. The Kier molecular flexibility index (Phi) is 2.67. The fourth-order valence-corrected chi connectivity index (χ4v) is 1.31. The molecular weight excluding hydrogens is 162 g/mol. The van der Waals surface area contributed by atoms with Gasteiger partial charge in [0.05, 0.1) is 0 Å². The van der Waals surface area contributed by atoms with Gasteiger partial charge >= 0.3 is 0 Å². The van der Waals surface area contributed by atoms with Crippen molar-refractivity contribution < 1.29 is 0 Å². The van der Waals surface area contributed by atoms with Crippen molar-refractivity contribution in [1.29, 1.82) is 0 Å². The molecule has 1 fully saturated rings. The third-order valence-corrected chi connectivity index (χ3v) is 2.24. The van der Waals surface area contributed by atoms with Crippen LogP contribution in [0.4, 0.5) is 0 Å². The lowest BCUT2D eigenvalue weighted by Crippen LogP contribution is -2.42. The zero-order valence-electron chi connectivity index (χ0n) is 7.48. The topological polar surface area (TPSA) is 37.8 Å². The van der Waals surface area contributed by atoms with Gasteiger partial charge in [-0.25, -0.2) is 9.97 Å². The van der Waals surface area contributed by atoms with E-state index >= 15 is 0 Å². The van der Waals surface area contributed by atoms with Crippen molar-refractivity contribution in [3.8, 4) is 0 Å². The third-order valence-electron chi connectivity index (χ3n) is 2.24. The molecule has 1 aromatic heterocycles. The smallest absolute Gasteiger partial charge is 0.115 e. The van der Waals surface area contributed by atoms with Crippen LogP contribution in [0.2, 0.25) is 0 Å². The molecule has 0 amide bonds. The minimum absolute atomic E-state index is 0.695. The molecule has 1 unspecified atom stereocenters. The van der Waals surface area contributed by atoms with Crippen molar-refractivity contribution in [2.75, 3.05) is 6.54 Å². The number of hydrogen-bond acceptors (Lipinski definition) is 3. The Balaban J connectivity index is 1.83. The molecule has 2 heterocycles. The summed E-state index contributed by atoms with van der Waals surface area (Å²) in [6.07, 6.45) is 11.8. The van der Waals surface area contributed by atoms with Gasteiger partial charge in [0.2, 0.25) is 0 Å². The van der Waals surface area contributed by atoms with E-state index < -0.39 is 0 Å². The summed E-state index contributed by atoms with van der Waals surface area (Å²) in [7, 11) is 0. The van der Waals surface area contributed by atoms with Gasteiger partial charge in [0.15, 0.2) is 0 Å². The Bertz CT molecular complexity index is 277. The molecule has 68 valence electrons. The second-order valence-corrected chi connectivity index (χ2v) is 3.25. The number of hydrogen-bond donors (Lipinski definition) is 1. The molecule has 1 aliphatic rings. The molecule has 0 spiro atoms. The number of nitrogens with zero attached hydrogens (tertiary/aromatic N) is 2. The summed E-state index contributed by atoms with van der Waals surface area (Å²) < 4.78 is 0. The van der Waals surface area contributed by atoms with Crippen LogP contribution in [0, 0.1) is 0 Å². The predicted molar refractivity (Wildman–Crippen MR) is 52.1 cm³/mol. The van der Waals surface area contributed by atoms with E-state index in [4.69, 9.17) is 0 Å². The molecule has 0 radical (unpaired) electrons. The lowest BCUT2D eigenvalue weighted by Gasteiger charge is -2.26. The van der Waals surface area contributed by atoms with Crippen molar-refractivity contribution in [3.05, 3.63) is 30.4 Å². The van der Waals surface area contributed by atoms with Crippen molar-refractivity contribution >= 4 is 6.08 Å². The molecular formula is C10H13N3.